The van der Waals surface area contributed by atoms with Crippen molar-refractivity contribution in [3.63, 3.8) is 0 Å². The van der Waals surface area contributed by atoms with Crippen LogP contribution in [0.4, 0.5) is 5.69 Å². The minimum Gasteiger partial charge on any atom is -0.464 e. The molecule has 0 aliphatic heterocycles. The fourth-order valence-corrected chi connectivity index (χ4v) is 1.78. The molecule has 0 aromatic carbocycles. The van der Waals surface area contributed by atoms with Crippen LogP contribution in [0.2, 0.25) is 0 Å². The topological polar surface area (TPSA) is 91.0 Å². The molecule has 0 radical (unpaired) electrons. The molecule has 0 aliphatic carbocycles. The summed E-state index contributed by atoms with van der Waals surface area (Å²) in [7, 11) is 4.61. The van der Waals surface area contributed by atoms with Crippen LogP contribution >= 0.6 is 0 Å². The normalized spacial score (nSPS) is 10.4. The lowest BCUT2D eigenvalue weighted by molar-refractivity contribution is 0.0589. The van der Waals surface area contributed by atoms with E-state index in [9.17, 15) is 9.59 Å². The van der Waals surface area contributed by atoms with E-state index in [2.05, 4.69) is 20.3 Å². The SMILES string of the molecule is COC(=O)c1c(NC(=O)c2cnn(C)c2C)cnn1C. The molecule has 8 nitrogen and oxygen atoms in total. The van der Waals surface area contributed by atoms with Crippen LogP contribution in [0.15, 0.2) is 12.4 Å². The summed E-state index contributed by atoms with van der Waals surface area (Å²) in [6.07, 6.45) is 2.87. The van der Waals surface area contributed by atoms with Crippen molar-refractivity contribution >= 4 is 17.6 Å². The standard InChI is InChI=1S/C12H15N5O3/c1-7-8(5-13-16(7)2)11(18)15-9-6-14-17(3)10(9)12(19)20-4/h5-6H,1-4H3,(H,15,18). The summed E-state index contributed by atoms with van der Waals surface area (Å²) >= 11 is 0. The third-order valence-corrected chi connectivity index (χ3v) is 3.05. The lowest BCUT2D eigenvalue weighted by Crippen LogP contribution is -2.17. The molecule has 2 rings (SSSR count). The van der Waals surface area contributed by atoms with Gasteiger partial charge in [0.1, 0.15) is 0 Å². The lowest BCUT2D eigenvalue weighted by Gasteiger charge is -2.06. The summed E-state index contributed by atoms with van der Waals surface area (Å²) in [6.45, 7) is 1.78. The maximum Gasteiger partial charge on any atom is 0.358 e. The van der Waals surface area contributed by atoms with Gasteiger partial charge in [-0.2, -0.15) is 10.2 Å². The first-order chi connectivity index (χ1) is 9.45. The third-order valence-electron chi connectivity index (χ3n) is 3.05. The highest BCUT2D eigenvalue weighted by molar-refractivity contribution is 6.07. The summed E-state index contributed by atoms with van der Waals surface area (Å²) in [5.41, 5.74) is 1.65. The highest BCUT2D eigenvalue weighted by atomic mass is 16.5. The number of nitrogens with zero attached hydrogens (tertiary/aromatic N) is 4. The molecule has 2 aromatic rings. The second-order valence-corrected chi connectivity index (χ2v) is 4.24. The molecule has 0 unspecified atom stereocenters. The van der Waals surface area contributed by atoms with Crippen molar-refractivity contribution in [2.75, 3.05) is 12.4 Å². The van der Waals surface area contributed by atoms with Gasteiger partial charge in [0.25, 0.3) is 5.91 Å². The zero-order valence-corrected chi connectivity index (χ0v) is 11.7. The number of ether oxygens (including phenoxy) is 1. The number of methoxy groups -OCH3 is 1. The Morgan fingerprint density at radius 2 is 1.85 bits per heavy atom. The Bertz CT molecular complexity index is 671. The van der Waals surface area contributed by atoms with Crippen molar-refractivity contribution in [3.8, 4) is 0 Å². The molecule has 0 spiro atoms. The zero-order valence-electron chi connectivity index (χ0n) is 11.7. The highest BCUT2D eigenvalue weighted by Gasteiger charge is 2.21. The summed E-state index contributed by atoms with van der Waals surface area (Å²) in [4.78, 5) is 23.8. The molecule has 0 fully saturated rings. The Balaban J connectivity index is 2.29. The van der Waals surface area contributed by atoms with Gasteiger partial charge in [-0.15, -0.1) is 0 Å². The van der Waals surface area contributed by atoms with Gasteiger partial charge in [-0.05, 0) is 6.92 Å². The van der Waals surface area contributed by atoms with Crippen LogP contribution in [-0.2, 0) is 18.8 Å². The minimum atomic E-state index is -0.566. The van der Waals surface area contributed by atoms with Crippen molar-refractivity contribution in [2.45, 2.75) is 6.92 Å². The Morgan fingerprint density at radius 1 is 1.20 bits per heavy atom. The van der Waals surface area contributed by atoms with Gasteiger partial charge in [0.2, 0.25) is 0 Å². The van der Waals surface area contributed by atoms with Crippen LogP contribution in [0.25, 0.3) is 0 Å². The van der Waals surface area contributed by atoms with Crippen LogP contribution in [0.3, 0.4) is 0 Å². The number of carbonyl (C=O) groups is 2. The molecule has 2 aromatic heterocycles. The van der Waals surface area contributed by atoms with Crippen LogP contribution in [0.1, 0.15) is 26.5 Å². The molecule has 8 heteroatoms. The number of aryl methyl sites for hydroxylation is 2. The monoisotopic (exact) mass is 277 g/mol. The molecular weight excluding hydrogens is 262 g/mol. The van der Waals surface area contributed by atoms with Gasteiger partial charge < -0.3 is 10.1 Å². The number of carbonyl (C=O) groups excluding carboxylic acids is 2. The van der Waals surface area contributed by atoms with Gasteiger partial charge >= 0.3 is 5.97 Å². The van der Waals surface area contributed by atoms with Crippen LogP contribution in [0.5, 0.6) is 0 Å². The fourth-order valence-electron chi connectivity index (χ4n) is 1.78. The largest absolute Gasteiger partial charge is 0.464 e. The van der Waals surface area contributed by atoms with Crippen molar-refractivity contribution in [3.05, 3.63) is 29.3 Å². The van der Waals surface area contributed by atoms with Gasteiger partial charge in [-0.1, -0.05) is 0 Å². The number of amides is 1. The van der Waals surface area contributed by atoms with Gasteiger partial charge in [0, 0.05) is 19.8 Å². The number of aromatic nitrogens is 4. The number of esters is 1. The molecule has 0 aliphatic rings. The molecule has 0 saturated heterocycles. The van der Waals surface area contributed by atoms with Crippen LogP contribution in [-0.4, -0.2) is 38.5 Å². The van der Waals surface area contributed by atoms with E-state index in [1.54, 1.807) is 25.7 Å². The Labute approximate surface area is 115 Å². The lowest BCUT2D eigenvalue weighted by atomic mass is 10.2. The van der Waals surface area contributed by atoms with E-state index < -0.39 is 5.97 Å². The molecule has 2 heterocycles. The molecule has 0 bridgehead atoms. The Morgan fingerprint density at radius 3 is 2.40 bits per heavy atom. The molecule has 106 valence electrons. The van der Waals surface area contributed by atoms with Crippen molar-refractivity contribution in [1.82, 2.24) is 19.6 Å². The second kappa shape index (κ2) is 5.16. The van der Waals surface area contributed by atoms with Crippen LogP contribution < -0.4 is 5.32 Å². The van der Waals surface area contributed by atoms with Crippen molar-refractivity contribution in [2.24, 2.45) is 14.1 Å². The number of hydrogen-bond donors (Lipinski definition) is 1. The van der Waals surface area contributed by atoms with Gasteiger partial charge in [0.15, 0.2) is 5.69 Å². The third kappa shape index (κ3) is 2.27. The van der Waals surface area contributed by atoms with Crippen molar-refractivity contribution < 1.29 is 14.3 Å². The van der Waals surface area contributed by atoms with E-state index in [1.807, 2.05) is 0 Å². The first-order valence-corrected chi connectivity index (χ1v) is 5.86. The quantitative estimate of drug-likeness (QED) is 0.825. The van der Waals surface area contributed by atoms with Gasteiger partial charge in [-0.3, -0.25) is 14.2 Å². The van der Waals surface area contributed by atoms with E-state index in [0.29, 0.717) is 11.3 Å². The van der Waals surface area contributed by atoms with E-state index in [0.717, 1.165) is 5.69 Å². The first-order valence-electron chi connectivity index (χ1n) is 5.86. The predicted molar refractivity (Wildman–Crippen MR) is 70.4 cm³/mol. The fraction of sp³-hybridized carbons (Fsp3) is 0.333. The predicted octanol–water partition coefficient (Wildman–Crippen LogP) is 0.501. The molecule has 0 saturated carbocycles. The summed E-state index contributed by atoms with van der Waals surface area (Å²) < 4.78 is 7.61. The second-order valence-electron chi connectivity index (χ2n) is 4.24. The van der Waals surface area contributed by atoms with Gasteiger partial charge in [-0.25, -0.2) is 4.79 Å². The van der Waals surface area contributed by atoms with Crippen molar-refractivity contribution in [1.29, 1.82) is 0 Å². The first kappa shape index (κ1) is 13.8. The summed E-state index contributed by atoms with van der Waals surface area (Å²) in [5, 5.41) is 10.6. The van der Waals surface area contributed by atoms with E-state index in [-0.39, 0.29) is 11.6 Å². The van der Waals surface area contributed by atoms with Crippen LogP contribution in [0, 0.1) is 6.92 Å². The molecule has 1 amide bonds. The maximum absolute atomic E-state index is 12.2. The average molecular weight is 277 g/mol. The number of nitrogens with one attached hydrogen (secondary N) is 1. The summed E-state index contributed by atoms with van der Waals surface area (Å²) in [5.74, 6) is -0.919. The smallest absolute Gasteiger partial charge is 0.358 e. The average Bonchev–Trinajstić information content (AvgIpc) is 2.93. The van der Waals surface area contributed by atoms with E-state index in [1.165, 1.54) is 24.2 Å². The molecule has 1 N–H and O–H groups in total. The number of hydrogen-bond acceptors (Lipinski definition) is 5. The summed E-state index contributed by atoms with van der Waals surface area (Å²) in [6, 6.07) is 0. The number of rotatable bonds is 3. The maximum atomic E-state index is 12.2. The Hall–Kier alpha value is -2.64. The molecule has 20 heavy (non-hydrogen) atoms. The zero-order chi connectivity index (χ0) is 14.9. The minimum absolute atomic E-state index is 0.183. The van der Waals surface area contributed by atoms with Gasteiger partial charge in [0.05, 0.1) is 30.8 Å². The van der Waals surface area contributed by atoms with E-state index in [4.69, 9.17) is 0 Å². The number of anilines is 1. The molecule has 0 atom stereocenters. The Kier molecular flexibility index (Phi) is 3.55. The van der Waals surface area contributed by atoms with E-state index >= 15 is 0 Å². The highest BCUT2D eigenvalue weighted by Crippen LogP contribution is 2.17. The molecular formula is C12H15N5O3.